The van der Waals surface area contributed by atoms with Gasteiger partial charge in [0.15, 0.2) is 0 Å². The summed E-state index contributed by atoms with van der Waals surface area (Å²) in [6.07, 6.45) is 4.31. The van der Waals surface area contributed by atoms with Crippen LogP contribution < -0.4 is 10.6 Å². The summed E-state index contributed by atoms with van der Waals surface area (Å²) >= 11 is 5.82. The summed E-state index contributed by atoms with van der Waals surface area (Å²) in [4.78, 5) is 26.7. The highest BCUT2D eigenvalue weighted by Gasteiger charge is 2.26. The molecule has 2 heterocycles. The average molecular weight is 375 g/mol. The van der Waals surface area contributed by atoms with Crippen LogP contribution >= 0.6 is 11.6 Å². The Morgan fingerprint density at radius 2 is 1.81 bits per heavy atom. The molecule has 26 heavy (non-hydrogen) atoms. The van der Waals surface area contributed by atoms with E-state index in [0.29, 0.717) is 17.3 Å². The molecule has 1 aliphatic rings. The van der Waals surface area contributed by atoms with E-state index >= 15 is 0 Å². The molecule has 0 aliphatic carbocycles. The van der Waals surface area contributed by atoms with Crippen LogP contribution in [-0.4, -0.2) is 40.9 Å². The van der Waals surface area contributed by atoms with Gasteiger partial charge in [-0.05, 0) is 62.3 Å². The summed E-state index contributed by atoms with van der Waals surface area (Å²) in [6, 6.07) is 10.7. The Balaban J connectivity index is 1.61. The second-order valence-corrected chi connectivity index (χ2v) is 6.91. The Hall–Kier alpha value is -2.31. The van der Waals surface area contributed by atoms with Crippen LogP contribution in [0.1, 0.15) is 24.6 Å². The van der Waals surface area contributed by atoms with Crippen molar-refractivity contribution in [3.05, 3.63) is 53.3 Å². The molecule has 0 bridgehead atoms. The first-order valence-electron chi connectivity index (χ1n) is 8.74. The summed E-state index contributed by atoms with van der Waals surface area (Å²) < 4.78 is 2.06. The van der Waals surface area contributed by atoms with Crippen molar-refractivity contribution in [3.8, 4) is 0 Å². The Bertz CT molecular complexity index is 766. The van der Waals surface area contributed by atoms with Gasteiger partial charge in [-0.2, -0.15) is 0 Å². The molecule has 1 aromatic carbocycles. The van der Waals surface area contributed by atoms with Gasteiger partial charge in [0.05, 0.1) is 6.04 Å². The van der Waals surface area contributed by atoms with E-state index in [-0.39, 0.29) is 6.04 Å². The van der Waals surface area contributed by atoms with E-state index in [4.69, 9.17) is 11.6 Å². The Morgan fingerprint density at radius 3 is 2.42 bits per heavy atom. The predicted molar refractivity (Wildman–Crippen MR) is 102 cm³/mol. The van der Waals surface area contributed by atoms with E-state index < -0.39 is 11.8 Å². The minimum atomic E-state index is -0.681. The number of hydrogen-bond donors (Lipinski definition) is 2. The number of halogens is 1. The van der Waals surface area contributed by atoms with Crippen LogP contribution in [0.4, 0.5) is 5.69 Å². The molecule has 1 atom stereocenters. The molecule has 6 nitrogen and oxygen atoms in total. The standard InChI is InChI=1S/C19H23ClN4O2/c1-23-10-4-5-16(23)17(24-11-2-3-12-24)13-21-18(25)19(26)22-15-8-6-14(20)7-9-15/h4-10,17H,2-3,11-13H2,1H3,(H,21,25)(H,22,26). The topological polar surface area (TPSA) is 66.4 Å². The number of anilines is 1. The Morgan fingerprint density at radius 1 is 1.12 bits per heavy atom. The van der Waals surface area contributed by atoms with E-state index in [1.807, 2.05) is 19.3 Å². The van der Waals surface area contributed by atoms with E-state index in [1.54, 1.807) is 24.3 Å². The van der Waals surface area contributed by atoms with Gasteiger partial charge in [0.25, 0.3) is 0 Å². The number of carbonyl (C=O) groups is 2. The first-order valence-corrected chi connectivity index (χ1v) is 9.12. The smallest absolute Gasteiger partial charge is 0.313 e. The third kappa shape index (κ3) is 4.45. The highest BCUT2D eigenvalue weighted by atomic mass is 35.5. The summed E-state index contributed by atoms with van der Waals surface area (Å²) in [5.74, 6) is -1.32. The summed E-state index contributed by atoms with van der Waals surface area (Å²) in [7, 11) is 1.99. The van der Waals surface area contributed by atoms with Crippen LogP contribution in [0, 0.1) is 0 Å². The lowest BCUT2D eigenvalue weighted by atomic mass is 10.1. The van der Waals surface area contributed by atoms with Crippen LogP contribution in [0.15, 0.2) is 42.6 Å². The summed E-state index contributed by atoms with van der Waals surface area (Å²) in [5, 5.41) is 5.93. The third-order valence-corrected chi connectivity index (χ3v) is 4.92. The zero-order chi connectivity index (χ0) is 18.5. The fourth-order valence-corrected chi connectivity index (χ4v) is 3.41. The van der Waals surface area contributed by atoms with Gasteiger partial charge in [-0.25, -0.2) is 0 Å². The van der Waals surface area contributed by atoms with Gasteiger partial charge in [0, 0.05) is 36.2 Å². The van der Waals surface area contributed by atoms with Crippen molar-refractivity contribution in [2.24, 2.45) is 7.05 Å². The molecule has 1 unspecified atom stereocenters. The lowest BCUT2D eigenvalue weighted by molar-refractivity contribution is -0.136. The maximum absolute atomic E-state index is 12.2. The molecule has 2 amide bonds. The minimum absolute atomic E-state index is 0.0600. The van der Waals surface area contributed by atoms with E-state index in [1.165, 1.54) is 0 Å². The Kier molecular flexibility index (Phi) is 5.96. The molecular weight excluding hydrogens is 352 g/mol. The maximum Gasteiger partial charge on any atom is 0.313 e. The van der Waals surface area contributed by atoms with Crippen molar-refractivity contribution in [1.29, 1.82) is 0 Å². The normalized spacial score (nSPS) is 15.6. The summed E-state index contributed by atoms with van der Waals surface area (Å²) in [6.45, 7) is 2.40. The van der Waals surface area contributed by atoms with Crippen LogP contribution in [0.3, 0.4) is 0 Å². The van der Waals surface area contributed by atoms with Crippen molar-refractivity contribution >= 4 is 29.1 Å². The fraction of sp³-hybridized carbons (Fsp3) is 0.368. The first kappa shape index (κ1) is 18.5. The van der Waals surface area contributed by atoms with Crippen molar-refractivity contribution in [2.45, 2.75) is 18.9 Å². The van der Waals surface area contributed by atoms with Crippen LogP contribution in [0.2, 0.25) is 5.02 Å². The number of amides is 2. The number of aryl methyl sites for hydroxylation is 1. The molecule has 7 heteroatoms. The van der Waals surface area contributed by atoms with Gasteiger partial charge in [-0.1, -0.05) is 11.6 Å². The lowest BCUT2D eigenvalue weighted by Gasteiger charge is -2.28. The van der Waals surface area contributed by atoms with Crippen LogP contribution in [0.25, 0.3) is 0 Å². The van der Waals surface area contributed by atoms with Gasteiger partial charge in [-0.3, -0.25) is 14.5 Å². The largest absolute Gasteiger partial charge is 0.353 e. The van der Waals surface area contributed by atoms with Crippen LogP contribution in [0.5, 0.6) is 0 Å². The first-order chi connectivity index (χ1) is 12.5. The van der Waals surface area contributed by atoms with Crippen molar-refractivity contribution < 1.29 is 9.59 Å². The molecule has 0 radical (unpaired) electrons. The Labute approximate surface area is 158 Å². The molecule has 1 aromatic heterocycles. The summed E-state index contributed by atoms with van der Waals surface area (Å²) in [5.41, 5.74) is 1.67. The number of benzene rings is 1. The molecular formula is C19H23ClN4O2. The number of nitrogens with one attached hydrogen (secondary N) is 2. The second-order valence-electron chi connectivity index (χ2n) is 6.47. The van der Waals surface area contributed by atoms with E-state index in [2.05, 4.69) is 26.2 Å². The molecule has 1 fully saturated rings. The predicted octanol–water partition coefficient (Wildman–Crippen LogP) is 2.57. The van der Waals surface area contributed by atoms with Gasteiger partial charge < -0.3 is 15.2 Å². The maximum atomic E-state index is 12.2. The SMILES string of the molecule is Cn1cccc1C(CNC(=O)C(=O)Nc1ccc(Cl)cc1)N1CCCC1. The van der Waals surface area contributed by atoms with Gasteiger partial charge in [-0.15, -0.1) is 0 Å². The lowest BCUT2D eigenvalue weighted by Crippen LogP contribution is -2.41. The van der Waals surface area contributed by atoms with Crippen molar-refractivity contribution in [1.82, 2.24) is 14.8 Å². The monoisotopic (exact) mass is 374 g/mol. The molecule has 138 valence electrons. The molecule has 0 spiro atoms. The van der Waals surface area contributed by atoms with Crippen molar-refractivity contribution in [3.63, 3.8) is 0 Å². The average Bonchev–Trinajstić information content (AvgIpc) is 3.30. The quantitative estimate of drug-likeness (QED) is 0.790. The fourth-order valence-electron chi connectivity index (χ4n) is 3.29. The number of rotatable bonds is 5. The van der Waals surface area contributed by atoms with Crippen LogP contribution in [-0.2, 0) is 16.6 Å². The van der Waals surface area contributed by atoms with Crippen molar-refractivity contribution in [2.75, 3.05) is 25.0 Å². The molecule has 1 aliphatic heterocycles. The van der Waals surface area contributed by atoms with E-state index in [0.717, 1.165) is 31.6 Å². The molecule has 2 aromatic rings. The van der Waals surface area contributed by atoms with Gasteiger partial charge in [0.2, 0.25) is 0 Å². The second kappa shape index (κ2) is 8.38. The highest BCUT2D eigenvalue weighted by Crippen LogP contribution is 2.24. The van der Waals surface area contributed by atoms with Gasteiger partial charge in [0.1, 0.15) is 0 Å². The number of hydrogen-bond acceptors (Lipinski definition) is 3. The van der Waals surface area contributed by atoms with E-state index in [9.17, 15) is 9.59 Å². The zero-order valence-corrected chi connectivity index (χ0v) is 15.5. The number of carbonyl (C=O) groups excluding carboxylic acids is 2. The molecule has 2 N–H and O–H groups in total. The number of aromatic nitrogens is 1. The minimum Gasteiger partial charge on any atom is -0.353 e. The highest BCUT2D eigenvalue weighted by molar-refractivity contribution is 6.39. The zero-order valence-electron chi connectivity index (χ0n) is 14.7. The van der Waals surface area contributed by atoms with Gasteiger partial charge >= 0.3 is 11.8 Å². The molecule has 0 saturated carbocycles. The molecule has 1 saturated heterocycles. The number of nitrogens with zero attached hydrogens (tertiary/aromatic N) is 2. The number of likely N-dealkylation sites (tertiary alicyclic amines) is 1. The molecule has 3 rings (SSSR count). The third-order valence-electron chi connectivity index (χ3n) is 4.67.